The third-order valence-electron chi connectivity index (χ3n) is 24.0. The van der Waals surface area contributed by atoms with Crippen LogP contribution in [-0.2, 0) is 172 Å². The second kappa shape index (κ2) is 46.5. The SMILES string of the molecule is CC.CC[C@H]1O[C@@H](n2cc(C)c(=O)[nH]c2=O)C[C@H]1OP(O)(=S)OC[C@H]1O[C@@H](n2cnc3c(=O)[nH]c(N)nc32)C[C@H]1OP(=O)(S)OC[C@H]1O[C@@H](n2cnc3c(N)ncnc32)C[C@H]1OP(O)(=S)OC[C@H]1O[C@@H](n2cc(C)c(N)nc2=O)C[C@H]1OP(O)(=S)OC[C@H]1O[C@@H](n2cc(C)c(N)nc2=O)C[C@H]1OP(O)(=S)OC[C@H]1O[C@@H](n2cc(C)c(=O)[nH]c2=O)C[C@H]1OP(O)(=S)OC[C@H]1O[C@@H](n2cc(C)c(=O)[nH]c2=O)C[C@H]1OP(O)(=S)OC. The fourth-order valence-electron chi connectivity index (χ4n) is 16.8. The number of nitrogen functional groups attached to an aromatic ring is 4. The molecule has 73 heteroatoms. The number of aryl methyl sites for hydroxylation is 5. The smallest absolute Gasteiger partial charge is 0.383 e. The van der Waals surface area contributed by atoms with E-state index in [0.29, 0.717) is 17.5 Å². The number of anilines is 4. The molecule has 7 fully saturated rings. The van der Waals surface area contributed by atoms with Crippen LogP contribution in [0.5, 0.6) is 0 Å². The van der Waals surface area contributed by atoms with Gasteiger partial charge in [0.05, 0.1) is 95.0 Å². The molecule has 7 aliphatic heterocycles. The van der Waals surface area contributed by atoms with Gasteiger partial charge in [0.2, 0.25) is 5.95 Å². The minimum absolute atomic E-state index is 0.0148. The van der Waals surface area contributed by atoms with Gasteiger partial charge in [0.1, 0.15) is 110 Å². The minimum atomic E-state index is -4.77. The average molecular weight is 2330 g/mol. The molecule has 16 rings (SSSR count). The van der Waals surface area contributed by atoms with E-state index in [1.807, 2.05) is 13.8 Å². The fraction of sp³-hybridized carbons (Fsp3) is 0.595. The van der Waals surface area contributed by atoms with Gasteiger partial charge in [-0.3, -0.25) is 80.1 Å². The Hall–Kier alpha value is -6.70. The van der Waals surface area contributed by atoms with E-state index in [-0.39, 0.29) is 107 Å². The Bertz CT molecular complexity index is 7390. The summed E-state index contributed by atoms with van der Waals surface area (Å²) < 4.78 is 151. The third kappa shape index (κ3) is 27.4. The van der Waals surface area contributed by atoms with Crippen molar-refractivity contribution in [2.45, 2.75) is 236 Å². The van der Waals surface area contributed by atoms with Crippen molar-refractivity contribution in [2.75, 3.05) is 69.7 Å². The molecule has 0 bridgehead atoms. The maximum Gasteiger partial charge on any atom is 0.386 e. The fourth-order valence-corrected chi connectivity index (χ4v) is 26.6. The zero-order valence-corrected chi connectivity index (χ0v) is 90.6. The Morgan fingerprint density at radius 1 is 0.367 bits per heavy atom. The van der Waals surface area contributed by atoms with Crippen LogP contribution in [0.2, 0.25) is 0 Å². The summed E-state index contributed by atoms with van der Waals surface area (Å²) in [5, 5.41) is 0. The number of hydrogen-bond donors (Lipinski definition) is 15. The molecule has 59 nitrogen and oxygen atoms in total. The Kier molecular flexibility index (Phi) is 36.2. The van der Waals surface area contributed by atoms with Crippen molar-refractivity contribution in [1.29, 1.82) is 0 Å². The summed E-state index contributed by atoms with van der Waals surface area (Å²) in [7, 11) is 1.09. The van der Waals surface area contributed by atoms with Crippen molar-refractivity contribution in [1.82, 2.24) is 86.8 Å². The molecule has 808 valence electrons. The molecule has 7 unspecified atom stereocenters. The van der Waals surface area contributed by atoms with E-state index < -0.39 is 266 Å². The molecule has 9 aromatic rings. The van der Waals surface area contributed by atoms with Crippen LogP contribution in [0.4, 0.5) is 23.4 Å². The normalized spacial score (nSPS) is 29.2. The molecule has 147 heavy (non-hydrogen) atoms. The largest absolute Gasteiger partial charge is 0.386 e. The van der Waals surface area contributed by atoms with Crippen LogP contribution in [0.25, 0.3) is 22.3 Å². The predicted octanol–water partition coefficient (Wildman–Crippen LogP) is 2.22. The number of fused-ring (bicyclic) bond motifs is 2. The lowest BCUT2D eigenvalue weighted by Crippen LogP contribution is -2.33. The Labute approximate surface area is 864 Å². The molecule has 0 aromatic carbocycles. The number of imidazole rings is 2. The van der Waals surface area contributed by atoms with Gasteiger partial charge in [-0.2, -0.15) is 15.0 Å². The number of rotatable bonds is 41. The number of aromatic amines is 4. The predicted molar refractivity (Wildman–Crippen MR) is 540 cm³/mol. The van der Waals surface area contributed by atoms with Crippen molar-refractivity contribution in [2.24, 2.45) is 0 Å². The first-order valence-corrected chi connectivity index (χ1v) is 62.8. The molecule has 7 aliphatic rings. The van der Waals surface area contributed by atoms with Crippen molar-refractivity contribution < 1.29 is 130 Å². The highest BCUT2D eigenvalue weighted by Crippen LogP contribution is 2.61. The number of thiol groups is 1. The summed E-state index contributed by atoms with van der Waals surface area (Å²) in [6.07, 6.45) is -18.7. The van der Waals surface area contributed by atoms with Gasteiger partial charge in [-0.05, 0) is 112 Å². The van der Waals surface area contributed by atoms with Gasteiger partial charge in [0, 0.05) is 111 Å². The van der Waals surface area contributed by atoms with Crippen molar-refractivity contribution in [3.05, 3.63) is 172 Å². The van der Waals surface area contributed by atoms with Crippen molar-refractivity contribution in [3.63, 3.8) is 0 Å². The highest BCUT2D eigenvalue weighted by molar-refractivity contribution is 8.44. The third-order valence-corrected chi connectivity index (χ3v) is 35.3. The molecule has 7 saturated heterocycles. The Morgan fingerprint density at radius 2 is 0.653 bits per heavy atom. The van der Waals surface area contributed by atoms with Gasteiger partial charge >= 0.3 is 75.6 Å². The quantitative estimate of drug-likeness (QED) is 0.0193. The number of aromatic nitrogens is 18. The standard InChI is InChI=1S/C72H97N22O37P7S7.C2H6/c1-8-35-36(9-49(118-35)90-18-32(4)63(95)85-70(90)101)126-133(105,140)112-26-48-42(15-55(124-48)94-29-80-57-62(94)83-67(76)84-66(57)98)131-138(110,145)117-25-47-41(14-54(123-47)93-28-79-56-60(75)77-27-78-61(56)93)130-137(109,144)116-23-45-39(12-51(121-45)89-17-31(3)59(74)82-69(89)100)127-135(107,142)114-22-44-38(11-50(120-44)88-16-30(2)58(73)81-68(88)99)128-136(108,143)115-24-46-40(13-53(122-46)92-20-34(6)65(97)87-72(92)103)129-134(106,141)113-21-43-37(125-132(104,139)111-7)10-52(119-43)91-19-33(5)64(96)86-71(91)102;1-2/h16-20,27-29,35-55H,8-15,21-26H2,1-7H3,(H,104,139)(H,105,140)(H,106,141)(H,107,142)(H,108,143)(H,109,144)(H,110,145)(H2,73,81,99)(H2,74,82,100)(H2,75,77,78)(H,85,95,101)(H,86,96,102)(H,87,97,103)(H3,76,83,84,98);1-2H3/t35-,36-,37-,38-,39-,40-,41-,42-,43-,44-,45-,46-,47-,48-,49-,50-,51-,52-,53-,54-,55-,132?,133?,134?,135?,136?,137?,138?;/m1./s1. The summed E-state index contributed by atoms with van der Waals surface area (Å²) >= 11 is 37.6. The summed E-state index contributed by atoms with van der Waals surface area (Å²) in [6, 6.07) is 0. The van der Waals surface area contributed by atoms with E-state index in [2.05, 4.69) is 67.1 Å². The second-order valence-electron chi connectivity index (χ2n) is 34.0. The number of nitrogens with zero attached hydrogens (tertiary/aromatic N) is 14. The zero-order chi connectivity index (χ0) is 107. The minimum Gasteiger partial charge on any atom is -0.383 e. The maximum absolute atomic E-state index is 15.0. The zero-order valence-electron chi connectivity index (χ0n) is 78.6. The molecule has 0 aliphatic carbocycles. The highest BCUT2D eigenvalue weighted by Gasteiger charge is 2.52. The van der Waals surface area contributed by atoms with Crippen molar-refractivity contribution >= 4 is 176 Å². The van der Waals surface area contributed by atoms with E-state index in [1.165, 1.54) is 85.0 Å². The van der Waals surface area contributed by atoms with Crippen LogP contribution in [0.1, 0.15) is 144 Å². The van der Waals surface area contributed by atoms with Gasteiger partial charge in [0.15, 0.2) is 22.6 Å². The topological polar surface area (TPSA) is 778 Å². The molecular weight excluding hydrogens is 2230 g/mol. The summed E-state index contributed by atoms with van der Waals surface area (Å²) in [5.41, 5.74) is 18.2. The molecule has 0 saturated carbocycles. The van der Waals surface area contributed by atoms with E-state index in [1.54, 1.807) is 13.8 Å². The van der Waals surface area contributed by atoms with E-state index in [4.69, 9.17) is 190 Å². The Morgan fingerprint density at radius 3 is 0.993 bits per heavy atom. The van der Waals surface area contributed by atoms with Crippen LogP contribution < -0.4 is 73.6 Å². The summed E-state index contributed by atoms with van der Waals surface area (Å²) in [6.45, 7) is -23.2. The number of nitrogens with one attached hydrogen (secondary N) is 4. The van der Waals surface area contributed by atoms with E-state index in [0.717, 1.165) is 31.7 Å². The number of nitrogens with two attached hydrogens (primary N) is 4. The number of ether oxygens (including phenoxy) is 7. The van der Waals surface area contributed by atoms with Crippen LogP contribution >= 0.6 is 59.4 Å². The molecule has 18 N–H and O–H groups in total. The maximum atomic E-state index is 15.0. The van der Waals surface area contributed by atoms with Crippen LogP contribution in [0, 0.1) is 34.6 Å². The van der Waals surface area contributed by atoms with Crippen LogP contribution in [0.15, 0.2) is 93.1 Å². The lowest BCUT2D eigenvalue weighted by atomic mass is 10.1. The summed E-state index contributed by atoms with van der Waals surface area (Å²) in [5.74, 6) is -0.568. The second-order valence-corrected chi connectivity index (χ2v) is 53.7. The van der Waals surface area contributed by atoms with Gasteiger partial charge in [0.25, 0.3) is 22.2 Å². The number of hydrogen-bond acceptors (Lipinski definition) is 48. The van der Waals surface area contributed by atoms with Gasteiger partial charge < -0.3 is 140 Å². The molecule has 0 radical (unpaired) electrons. The number of H-pyrrole nitrogens is 4. The first kappa shape index (κ1) is 114. The first-order chi connectivity index (χ1) is 69.2. The van der Waals surface area contributed by atoms with Gasteiger partial charge in [-0.25, -0.2) is 48.5 Å². The molecule has 16 heterocycles. The molecule has 0 amide bonds. The van der Waals surface area contributed by atoms with E-state index in [9.17, 15) is 77.1 Å². The lowest BCUT2D eigenvalue weighted by Gasteiger charge is -2.28. The van der Waals surface area contributed by atoms with Crippen LogP contribution in [0.3, 0.4) is 0 Å². The van der Waals surface area contributed by atoms with E-state index >= 15 is 0 Å². The van der Waals surface area contributed by atoms with Gasteiger partial charge in [-0.15, -0.1) is 0 Å². The molecule has 28 atom stereocenters. The molecule has 0 spiro atoms. The van der Waals surface area contributed by atoms with Crippen molar-refractivity contribution in [3.8, 4) is 0 Å². The first-order valence-electron chi connectivity index (χ1n) is 44.6. The monoisotopic (exact) mass is 2330 g/mol. The highest BCUT2D eigenvalue weighted by atomic mass is 32.7. The molecule has 9 aromatic heterocycles. The van der Waals surface area contributed by atoms with Gasteiger partial charge in [-0.1, -0.05) is 33.0 Å². The Balaban J connectivity index is 0.00000805. The summed E-state index contributed by atoms with van der Waals surface area (Å²) in [4.78, 5) is 226. The lowest BCUT2D eigenvalue weighted by molar-refractivity contribution is -0.0575. The van der Waals surface area contributed by atoms with Crippen LogP contribution in [-0.4, -0.2) is 248 Å². The molecular formula is C74H103N22O37P7S7. The average Bonchev–Trinajstić information content (AvgIpc) is 1.62.